The number of piperazine rings is 1. The molecule has 36 heavy (non-hydrogen) atoms. The highest BCUT2D eigenvalue weighted by Gasteiger charge is 2.44. The largest absolute Gasteiger partial charge is 0.477 e. The third kappa shape index (κ3) is 5.51. The maximum Gasteiger partial charge on any atom is 0.348 e. The number of aromatic nitrogens is 2. The molecule has 1 N–H and O–H groups in total. The van der Waals surface area contributed by atoms with Gasteiger partial charge in [-0.05, 0) is 51.7 Å². The Hall–Kier alpha value is -2.68. The Bertz CT molecular complexity index is 1320. The van der Waals surface area contributed by atoms with Crippen LogP contribution in [0.5, 0.6) is 0 Å². The molecule has 1 atom stereocenters. The molecular formula is C25H32N4O5S2. The van der Waals surface area contributed by atoms with E-state index in [1.54, 1.807) is 24.2 Å². The molecule has 1 unspecified atom stereocenters. The Labute approximate surface area is 216 Å². The summed E-state index contributed by atoms with van der Waals surface area (Å²) in [7, 11) is -2.34. The van der Waals surface area contributed by atoms with Gasteiger partial charge in [-0.2, -0.15) is 9.40 Å². The van der Waals surface area contributed by atoms with E-state index in [0.717, 1.165) is 43.4 Å². The van der Waals surface area contributed by atoms with Gasteiger partial charge in [0, 0.05) is 25.2 Å². The van der Waals surface area contributed by atoms with Gasteiger partial charge < -0.3 is 10.0 Å². The van der Waals surface area contributed by atoms with E-state index in [4.69, 9.17) is 0 Å². The number of carboxylic acids is 1. The number of sulfonamides is 1. The lowest BCUT2D eigenvalue weighted by Crippen LogP contribution is -2.60. The Balaban J connectivity index is 1.76. The molecular weight excluding hydrogens is 500 g/mol. The van der Waals surface area contributed by atoms with Crippen molar-refractivity contribution >= 4 is 38.9 Å². The molecule has 2 fully saturated rings. The van der Waals surface area contributed by atoms with Crippen molar-refractivity contribution in [2.24, 2.45) is 18.4 Å². The summed E-state index contributed by atoms with van der Waals surface area (Å²) >= 11 is 1.05. The van der Waals surface area contributed by atoms with Crippen molar-refractivity contribution < 1.29 is 23.1 Å². The summed E-state index contributed by atoms with van der Waals surface area (Å²) in [6, 6.07) is 2.62. The molecule has 9 nitrogen and oxygen atoms in total. The van der Waals surface area contributed by atoms with Crippen LogP contribution in [0.4, 0.5) is 5.69 Å². The highest BCUT2D eigenvalue weighted by atomic mass is 32.2. The van der Waals surface area contributed by atoms with Gasteiger partial charge in [-0.1, -0.05) is 31.1 Å². The van der Waals surface area contributed by atoms with E-state index in [9.17, 15) is 23.1 Å². The molecule has 3 heterocycles. The predicted octanol–water partition coefficient (Wildman–Crippen LogP) is 3.56. The molecule has 2 aromatic heterocycles. The molecule has 0 radical (unpaired) electrons. The molecule has 0 spiro atoms. The monoisotopic (exact) mass is 532 g/mol. The highest BCUT2D eigenvalue weighted by molar-refractivity contribution is 7.89. The number of hydrogen-bond donors (Lipinski definition) is 1. The summed E-state index contributed by atoms with van der Waals surface area (Å²) in [6.45, 7) is 5.62. The number of rotatable bonds is 5. The molecule has 2 aromatic rings. The SMILES string of the molecule is Cn1ccc(S(=O)(=O)N2CC(=O)N(c3cc(C#CC(C)(C)C)sc3C(=O)O)C(C3CCCCC3)C2)n1. The quantitative estimate of drug-likeness (QED) is 0.589. The molecule has 0 aromatic carbocycles. The summed E-state index contributed by atoms with van der Waals surface area (Å²) in [5.41, 5.74) is 0.0422. The van der Waals surface area contributed by atoms with Crippen molar-refractivity contribution in [1.29, 1.82) is 0 Å². The molecule has 194 valence electrons. The summed E-state index contributed by atoms with van der Waals surface area (Å²) in [4.78, 5) is 28.0. The van der Waals surface area contributed by atoms with E-state index in [-0.39, 0.29) is 34.3 Å². The first-order valence-corrected chi connectivity index (χ1v) is 14.3. The highest BCUT2D eigenvalue weighted by Crippen LogP contribution is 2.39. The van der Waals surface area contributed by atoms with Crippen molar-refractivity contribution in [3.05, 3.63) is 28.1 Å². The van der Waals surface area contributed by atoms with Gasteiger partial charge in [-0.25, -0.2) is 13.2 Å². The summed E-state index contributed by atoms with van der Waals surface area (Å²) in [5.74, 6) is 4.68. The fourth-order valence-corrected chi connectivity index (χ4v) is 7.03. The number of thiophene rings is 1. The molecule has 1 aliphatic carbocycles. The van der Waals surface area contributed by atoms with Gasteiger partial charge in [0.15, 0.2) is 5.03 Å². The third-order valence-corrected chi connectivity index (χ3v) is 9.25. The van der Waals surface area contributed by atoms with E-state index in [1.165, 1.54) is 15.1 Å². The molecule has 11 heteroatoms. The van der Waals surface area contributed by atoms with Crippen LogP contribution in [-0.2, 0) is 21.9 Å². The first-order valence-electron chi connectivity index (χ1n) is 12.1. The van der Waals surface area contributed by atoms with Crippen LogP contribution in [0.2, 0.25) is 0 Å². The summed E-state index contributed by atoms with van der Waals surface area (Å²) < 4.78 is 29.3. The Morgan fingerprint density at radius 2 is 1.92 bits per heavy atom. The van der Waals surface area contributed by atoms with Gasteiger partial charge in [0.25, 0.3) is 10.0 Å². The maximum absolute atomic E-state index is 13.6. The number of nitrogens with zero attached hydrogens (tertiary/aromatic N) is 4. The van der Waals surface area contributed by atoms with Crippen LogP contribution in [0.15, 0.2) is 23.4 Å². The van der Waals surface area contributed by atoms with Gasteiger partial charge in [-0.15, -0.1) is 11.3 Å². The second-order valence-corrected chi connectivity index (χ2v) is 13.4. The van der Waals surface area contributed by atoms with E-state index >= 15 is 0 Å². The second-order valence-electron chi connectivity index (χ2n) is 10.5. The number of aryl methyl sites for hydroxylation is 1. The molecule has 1 saturated heterocycles. The molecule has 1 aliphatic heterocycles. The summed E-state index contributed by atoms with van der Waals surface area (Å²) in [5, 5.41) is 13.9. The molecule has 4 rings (SSSR count). The van der Waals surface area contributed by atoms with Crippen LogP contribution in [0.3, 0.4) is 0 Å². The fourth-order valence-electron chi connectivity index (χ4n) is 4.83. The minimum atomic E-state index is -3.98. The summed E-state index contributed by atoms with van der Waals surface area (Å²) in [6.07, 6.45) is 6.35. The number of aromatic carboxylic acids is 1. The first kappa shape index (κ1) is 26.4. The van der Waals surface area contributed by atoms with Crippen LogP contribution in [0.25, 0.3) is 0 Å². The van der Waals surface area contributed by atoms with Gasteiger partial charge in [0.2, 0.25) is 5.91 Å². The van der Waals surface area contributed by atoms with Gasteiger partial charge >= 0.3 is 5.97 Å². The van der Waals surface area contributed by atoms with Crippen molar-refractivity contribution in [2.75, 3.05) is 18.0 Å². The van der Waals surface area contributed by atoms with E-state index in [2.05, 4.69) is 16.9 Å². The number of anilines is 1. The van der Waals surface area contributed by atoms with Crippen LogP contribution in [0, 0.1) is 23.2 Å². The van der Waals surface area contributed by atoms with Crippen LogP contribution >= 0.6 is 11.3 Å². The van der Waals surface area contributed by atoms with Gasteiger partial charge in [0.1, 0.15) is 4.88 Å². The number of carbonyl (C=O) groups excluding carboxylic acids is 1. The standard InChI is InChI=1S/C25H32N4O5S2/c1-25(2,3)12-10-18-14-19(23(35-18)24(31)32)29-20(17-8-6-5-7-9-17)15-28(16-22(29)30)36(33,34)21-11-13-27(4)26-21/h11,13-14,17,20H,5-9,15-16H2,1-4H3,(H,31,32). The van der Waals surface area contributed by atoms with Crippen LogP contribution in [-0.4, -0.2) is 58.6 Å². The minimum Gasteiger partial charge on any atom is -0.477 e. The molecule has 1 saturated carbocycles. The van der Waals surface area contributed by atoms with Crippen LogP contribution in [0.1, 0.15) is 67.4 Å². The fraction of sp³-hybridized carbons (Fsp3) is 0.560. The molecule has 1 amide bonds. The first-order chi connectivity index (χ1) is 16.9. The number of carboxylic acid groups (broad SMARTS) is 1. The Kier molecular flexibility index (Phi) is 7.33. The zero-order chi connectivity index (χ0) is 26.3. The zero-order valence-electron chi connectivity index (χ0n) is 21.0. The second kappa shape index (κ2) is 10.00. The zero-order valence-corrected chi connectivity index (χ0v) is 22.7. The van der Waals surface area contributed by atoms with E-state index in [0.29, 0.717) is 10.6 Å². The number of carbonyl (C=O) groups is 2. The van der Waals surface area contributed by atoms with Crippen molar-refractivity contribution in [3.8, 4) is 11.8 Å². The Morgan fingerprint density at radius 1 is 1.22 bits per heavy atom. The van der Waals surface area contributed by atoms with Crippen molar-refractivity contribution in [1.82, 2.24) is 14.1 Å². The van der Waals surface area contributed by atoms with Crippen molar-refractivity contribution in [3.63, 3.8) is 0 Å². The van der Waals surface area contributed by atoms with Crippen LogP contribution < -0.4 is 4.90 Å². The smallest absolute Gasteiger partial charge is 0.348 e. The van der Waals surface area contributed by atoms with Gasteiger partial charge in [-0.3, -0.25) is 9.48 Å². The topological polar surface area (TPSA) is 113 Å². The number of hydrogen-bond acceptors (Lipinski definition) is 6. The lowest BCUT2D eigenvalue weighted by atomic mass is 9.82. The van der Waals surface area contributed by atoms with Crippen molar-refractivity contribution in [2.45, 2.75) is 63.9 Å². The lowest BCUT2D eigenvalue weighted by Gasteiger charge is -2.44. The van der Waals surface area contributed by atoms with E-state index in [1.807, 2.05) is 20.8 Å². The average Bonchev–Trinajstić information content (AvgIpc) is 3.44. The lowest BCUT2D eigenvalue weighted by molar-refractivity contribution is -0.121. The predicted molar refractivity (Wildman–Crippen MR) is 137 cm³/mol. The molecule has 2 aliphatic rings. The average molecular weight is 533 g/mol. The van der Waals surface area contributed by atoms with Gasteiger partial charge in [0.05, 0.1) is 23.2 Å². The van der Waals surface area contributed by atoms with E-state index < -0.39 is 27.9 Å². The maximum atomic E-state index is 13.6. The Morgan fingerprint density at radius 3 is 2.50 bits per heavy atom. The normalized spacial score (nSPS) is 20.3. The third-order valence-electron chi connectivity index (χ3n) is 6.52. The number of amides is 1. The molecule has 0 bridgehead atoms. The minimum absolute atomic E-state index is 0.0448.